The number of hydrogen-bond donors (Lipinski definition) is 1. The molecule has 0 aliphatic rings. The van der Waals surface area contributed by atoms with Crippen molar-refractivity contribution in [2.75, 3.05) is 26.0 Å². The van der Waals surface area contributed by atoms with Gasteiger partial charge in [-0.15, -0.1) is 24.8 Å². The van der Waals surface area contributed by atoms with Gasteiger partial charge in [-0.25, -0.2) is 4.98 Å². The standard InChI is InChI=1S/C30H28N4O2S.2ClH/c1-34(19-17-24-10-6-7-18-31-24)20-21-11-13-23(14-12-21)29(35)33-30-32-27-26(36-2)16-15-25(28(27)37-30)22-8-4-3-5-9-22;;/h3-16,18H,17,19-20H2,1-2H3,(H,32,33,35);2*1H. The molecule has 0 spiro atoms. The second-order valence-corrected chi connectivity index (χ2v) is 9.84. The zero-order valence-electron chi connectivity index (χ0n) is 21.7. The van der Waals surface area contributed by atoms with E-state index in [2.05, 4.69) is 39.4 Å². The van der Waals surface area contributed by atoms with Crippen LogP contribution in [0.4, 0.5) is 5.13 Å². The smallest absolute Gasteiger partial charge is 0.257 e. The molecule has 1 amide bonds. The number of pyridine rings is 1. The summed E-state index contributed by atoms with van der Waals surface area (Å²) in [7, 11) is 3.72. The fraction of sp³-hybridized carbons (Fsp3) is 0.167. The molecule has 6 nitrogen and oxygen atoms in total. The van der Waals surface area contributed by atoms with E-state index in [0.29, 0.717) is 16.4 Å². The van der Waals surface area contributed by atoms with Crippen molar-refractivity contribution >= 4 is 57.4 Å². The molecule has 39 heavy (non-hydrogen) atoms. The molecule has 0 aliphatic heterocycles. The lowest BCUT2D eigenvalue weighted by Gasteiger charge is -2.16. The zero-order chi connectivity index (χ0) is 25.6. The first-order valence-corrected chi connectivity index (χ1v) is 12.9. The van der Waals surface area contributed by atoms with Crippen molar-refractivity contribution in [2.24, 2.45) is 0 Å². The maximum absolute atomic E-state index is 13.0. The number of thiazole rings is 1. The molecule has 0 atom stereocenters. The normalized spacial score (nSPS) is 10.5. The minimum absolute atomic E-state index is 0. The number of carbonyl (C=O) groups is 1. The van der Waals surface area contributed by atoms with Gasteiger partial charge in [0.2, 0.25) is 0 Å². The van der Waals surface area contributed by atoms with Crippen LogP contribution in [0, 0.1) is 0 Å². The maximum Gasteiger partial charge on any atom is 0.257 e. The molecular formula is C30H30Cl2N4O2S. The van der Waals surface area contributed by atoms with Crippen LogP contribution < -0.4 is 10.1 Å². The summed E-state index contributed by atoms with van der Waals surface area (Å²) in [5, 5.41) is 3.51. The molecule has 0 aliphatic carbocycles. The molecule has 1 N–H and O–H groups in total. The predicted octanol–water partition coefficient (Wildman–Crippen LogP) is 7.14. The second kappa shape index (κ2) is 14.1. The number of nitrogens with zero attached hydrogens (tertiary/aromatic N) is 3. The van der Waals surface area contributed by atoms with Gasteiger partial charge in [-0.3, -0.25) is 15.1 Å². The molecular weight excluding hydrogens is 551 g/mol. The van der Waals surface area contributed by atoms with Gasteiger partial charge in [0.15, 0.2) is 5.13 Å². The molecule has 5 aromatic rings. The summed E-state index contributed by atoms with van der Waals surface area (Å²) in [6.45, 7) is 1.71. The molecule has 9 heteroatoms. The summed E-state index contributed by atoms with van der Waals surface area (Å²) in [6, 6.07) is 27.8. The number of fused-ring (bicyclic) bond motifs is 1. The molecule has 0 saturated heterocycles. The predicted molar refractivity (Wildman–Crippen MR) is 165 cm³/mol. The summed E-state index contributed by atoms with van der Waals surface area (Å²) < 4.78 is 6.51. The van der Waals surface area contributed by atoms with E-state index in [1.807, 2.05) is 79.0 Å². The molecule has 5 rings (SSSR count). The van der Waals surface area contributed by atoms with Gasteiger partial charge in [0.05, 0.1) is 11.8 Å². The number of aromatic nitrogens is 2. The Morgan fingerprint density at radius 1 is 0.949 bits per heavy atom. The lowest BCUT2D eigenvalue weighted by atomic mass is 10.1. The maximum atomic E-state index is 13.0. The highest BCUT2D eigenvalue weighted by atomic mass is 35.5. The molecule has 2 aromatic heterocycles. The van der Waals surface area contributed by atoms with Crippen LogP contribution in [-0.4, -0.2) is 41.5 Å². The molecule has 3 aromatic carbocycles. The van der Waals surface area contributed by atoms with Crippen molar-refractivity contribution in [3.63, 3.8) is 0 Å². The van der Waals surface area contributed by atoms with Gasteiger partial charge in [0, 0.05) is 42.5 Å². The second-order valence-electron chi connectivity index (χ2n) is 8.84. The Balaban J connectivity index is 0.00000210. The highest BCUT2D eigenvalue weighted by Crippen LogP contribution is 2.39. The molecule has 0 radical (unpaired) electrons. The summed E-state index contributed by atoms with van der Waals surface area (Å²) in [4.78, 5) is 24.3. The zero-order valence-corrected chi connectivity index (χ0v) is 24.1. The molecule has 0 fully saturated rings. The molecule has 202 valence electrons. The molecule has 0 bridgehead atoms. The summed E-state index contributed by atoms with van der Waals surface area (Å²) in [5.41, 5.74) is 5.73. The summed E-state index contributed by atoms with van der Waals surface area (Å²) in [6.07, 6.45) is 2.73. The van der Waals surface area contributed by atoms with Gasteiger partial charge in [-0.05, 0) is 54.6 Å². The fourth-order valence-corrected chi connectivity index (χ4v) is 5.23. The van der Waals surface area contributed by atoms with Crippen molar-refractivity contribution in [1.29, 1.82) is 0 Å². The van der Waals surface area contributed by atoms with Crippen molar-refractivity contribution in [3.8, 4) is 16.9 Å². The lowest BCUT2D eigenvalue weighted by molar-refractivity contribution is 0.102. The SMILES string of the molecule is COc1ccc(-c2ccccc2)c2sc(NC(=O)c3ccc(CN(C)CCc4ccccn4)cc3)nc12.Cl.Cl. The number of nitrogens with one attached hydrogen (secondary N) is 1. The number of benzene rings is 3. The highest BCUT2D eigenvalue weighted by molar-refractivity contribution is 7.23. The average molecular weight is 582 g/mol. The van der Waals surface area contributed by atoms with Crippen LogP contribution in [0.15, 0.2) is 91.1 Å². The first-order chi connectivity index (χ1) is 18.1. The van der Waals surface area contributed by atoms with E-state index in [4.69, 9.17) is 4.74 Å². The third-order valence-electron chi connectivity index (χ3n) is 6.18. The first-order valence-electron chi connectivity index (χ1n) is 12.1. The van der Waals surface area contributed by atoms with Gasteiger partial charge in [-0.2, -0.15) is 0 Å². The van der Waals surface area contributed by atoms with E-state index in [1.165, 1.54) is 11.3 Å². The molecule has 2 heterocycles. The van der Waals surface area contributed by atoms with Crippen LogP contribution >= 0.6 is 36.2 Å². The first kappa shape index (κ1) is 30.1. The third kappa shape index (κ3) is 7.34. The van der Waals surface area contributed by atoms with E-state index in [0.717, 1.165) is 52.1 Å². The number of anilines is 1. The van der Waals surface area contributed by atoms with Crippen molar-refractivity contribution < 1.29 is 9.53 Å². The third-order valence-corrected chi connectivity index (χ3v) is 7.18. The van der Waals surface area contributed by atoms with Crippen molar-refractivity contribution in [2.45, 2.75) is 13.0 Å². The Kier molecular flexibility index (Phi) is 10.8. The van der Waals surface area contributed by atoms with Gasteiger partial charge >= 0.3 is 0 Å². The Hall–Kier alpha value is -3.49. The number of halogens is 2. The molecule has 0 saturated carbocycles. The topological polar surface area (TPSA) is 67.3 Å². The number of hydrogen-bond acceptors (Lipinski definition) is 6. The van der Waals surface area contributed by atoms with Crippen molar-refractivity contribution in [1.82, 2.24) is 14.9 Å². The van der Waals surface area contributed by atoms with Gasteiger partial charge in [0.25, 0.3) is 5.91 Å². The monoisotopic (exact) mass is 580 g/mol. The Bertz CT molecular complexity index is 1500. The summed E-state index contributed by atoms with van der Waals surface area (Å²) >= 11 is 1.45. The number of rotatable bonds is 9. The number of methoxy groups -OCH3 is 1. The number of amides is 1. The lowest BCUT2D eigenvalue weighted by Crippen LogP contribution is -2.21. The minimum atomic E-state index is -0.186. The van der Waals surface area contributed by atoms with Crippen LogP contribution in [0.3, 0.4) is 0 Å². The van der Waals surface area contributed by atoms with Crippen LogP contribution in [0.2, 0.25) is 0 Å². The highest BCUT2D eigenvalue weighted by Gasteiger charge is 2.16. The van der Waals surface area contributed by atoms with Gasteiger partial charge in [-0.1, -0.05) is 59.9 Å². The number of carbonyl (C=O) groups excluding carboxylic acids is 1. The quantitative estimate of drug-likeness (QED) is 0.201. The number of ether oxygens (including phenoxy) is 1. The van der Waals surface area contributed by atoms with Crippen molar-refractivity contribution in [3.05, 3.63) is 108 Å². The number of likely N-dealkylation sites (N-methyl/N-ethyl adjacent to an activating group) is 1. The summed E-state index contributed by atoms with van der Waals surface area (Å²) in [5.74, 6) is 0.497. The Morgan fingerprint density at radius 3 is 2.38 bits per heavy atom. The largest absolute Gasteiger partial charge is 0.494 e. The van der Waals surface area contributed by atoms with Crippen LogP contribution in [0.1, 0.15) is 21.6 Å². The Morgan fingerprint density at radius 2 is 1.69 bits per heavy atom. The van der Waals surface area contributed by atoms with E-state index in [9.17, 15) is 4.79 Å². The average Bonchev–Trinajstić information content (AvgIpc) is 3.36. The van der Waals surface area contributed by atoms with Crippen LogP contribution in [0.5, 0.6) is 5.75 Å². The van der Waals surface area contributed by atoms with E-state index in [-0.39, 0.29) is 30.7 Å². The van der Waals surface area contributed by atoms with E-state index < -0.39 is 0 Å². The van der Waals surface area contributed by atoms with E-state index >= 15 is 0 Å². The van der Waals surface area contributed by atoms with E-state index in [1.54, 1.807) is 7.11 Å². The van der Waals surface area contributed by atoms with Gasteiger partial charge < -0.3 is 9.64 Å². The van der Waals surface area contributed by atoms with Crippen LogP contribution in [0.25, 0.3) is 21.3 Å². The molecule has 0 unspecified atom stereocenters. The van der Waals surface area contributed by atoms with Gasteiger partial charge in [0.1, 0.15) is 11.3 Å². The minimum Gasteiger partial charge on any atom is -0.494 e. The van der Waals surface area contributed by atoms with Crippen LogP contribution in [-0.2, 0) is 13.0 Å². The Labute approximate surface area is 244 Å². The fourth-order valence-electron chi connectivity index (χ4n) is 4.22.